The first-order valence-electron chi connectivity index (χ1n) is 8.46. The molecule has 28 heavy (non-hydrogen) atoms. The van der Waals surface area contributed by atoms with Crippen LogP contribution in [0.25, 0.3) is 16.3 Å². The minimum atomic E-state index is -4.63. The summed E-state index contributed by atoms with van der Waals surface area (Å²) < 4.78 is 47.3. The lowest BCUT2D eigenvalue weighted by Gasteiger charge is -2.12. The van der Waals surface area contributed by atoms with Gasteiger partial charge < -0.3 is 19.4 Å². The maximum Gasteiger partial charge on any atom is 0.417 e. The van der Waals surface area contributed by atoms with Gasteiger partial charge in [0.1, 0.15) is 11.5 Å². The first-order valence-corrected chi connectivity index (χ1v) is 8.46. The Bertz CT molecular complexity index is 1230. The third-order valence-electron chi connectivity index (χ3n) is 4.25. The fraction of sp³-hybridized carbons (Fsp3) is 0.158. The van der Waals surface area contributed by atoms with Gasteiger partial charge >= 0.3 is 6.18 Å². The second kappa shape index (κ2) is 6.59. The van der Waals surface area contributed by atoms with Crippen LogP contribution < -0.4 is 15.5 Å². The Morgan fingerprint density at radius 1 is 1.29 bits per heavy atom. The lowest BCUT2D eigenvalue weighted by molar-refractivity contribution is -0.136. The monoisotopic (exact) mass is 388 g/mol. The van der Waals surface area contributed by atoms with Crippen LogP contribution in [0.4, 0.5) is 24.7 Å². The highest BCUT2D eigenvalue weighted by Gasteiger charge is 2.34. The number of pyridine rings is 1. The SMILES string of the molecule is CCOc1ncccc1Nc1[nH]ccn2cc3c(C(F)(F)F)cc(=O)cc3c12. The Labute approximate surface area is 156 Å². The summed E-state index contributed by atoms with van der Waals surface area (Å²) in [5.74, 6) is 0.766. The molecule has 0 aliphatic rings. The van der Waals surface area contributed by atoms with Crippen LogP contribution in [0.3, 0.4) is 0 Å². The smallest absolute Gasteiger partial charge is 0.417 e. The highest BCUT2D eigenvalue weighted by atomic mass is 19.4. The van der Waals surface area contributed by atoms with E-state index in [1.807, 2.05) is 6.92 Å². The number of alkyl halides is 3. The molecule has 6 nitrogen and oxygen atoms in total. The number of nitrogens with one attached hydrogen (secondary N) is 2. The van der Waals surface area contributed by atoms with E-state index < -0.39 is 17.2 Å². The number of benzene rings is 1. The molecule has 0 radical (unpaired) electrons. The summed E-state index contributed by atoms with van der Waals surface area (Å²) in [5, 5.41) is 3.25. The summed E-state index contributed by atoms with van der Waals surface area (Å²) in [5.41, 5.74) is -0.718. The summed E-state index contributed by atoms with van der Waals surface area (Å²) in [4.78, 5) is 19.1. The Morgan fingerprint density at radius 3 is 2.86 bits per heavy atom. The molecule has 3 aromatic heterocycles. The third-order valence-corrected chi connectivity index (χ3v) is 4.25. The molecular formula is C19H15F3N4O2. The summed E-state index contributed by atoms with van der Waals surface area (Å²) >= 11 is 0. The molecule has 0 aliphatic carbocycles. The predicted molar refractivity (Wildman–Crippen MR) is 99.2 cm³/mol. The van der Waals surface area contributed by atoms with E-state index in [-0.39, 0.29) is 10.8 Å². The van der Waals surface area contributed by atoms with Gasteiger partial charge in [-0.25, -0.2) is 4.98 Å². The molecule has 1 aromatic carbocycles. The average Bonchev–Trinajstić information content (AvgIpc) is 3.01. The number of rotatable bonds is 4. The highest BCUT2D eigenvalue weighted by molar-refractivity contribution is 6.04. The predicted octanol–water partition coefficient (Wildman–Crippen LogP) is 4.34. The van der Waals surface area contributed by atoms with E-state index in [2.05, 4.69) is 15.3 Å². The zero-order valence-corrected chi connectivity index (χ0v) is 14.7. The number of ether oxygens (including phenoxy) is 1. The van der Waals surface area contributed by atoms with E-state index in [1.165, 1.54) is 16.7 Å². The summed E-state index contributed by atoms with van der Waals surface area (Å²) in [6, 6.07) is 5.26. The lowest BCUT2D eigenvalue weighted by Crippen LogP contribution is -2.10. The average molecular weight is 388 g/mol. The molecule has 4 aromatic rings. The van der Waals surface area contributed by atoms with Crippen LogP contribution in [0.5, 0.6) is 5.88 Å². The van der Waals surface area contributed by atoms with Crippen LogP contribution in [0.2, 0.25) is 0 Å². The van der Waals surface area contributed by atoms with Crippen LogP contribution >= 0.6 is 0 Å². The van der Waals surface area contributed by atoms with E-state index in [4.69, 9.17) is 4.74 Å². The fourth-order valence-electron chi connectivity index (χ4n) is 3.16. The molecule has 144 valence electrons. The van der Waals surface area contributed by atoms with Crippen molar-refractivity contribution in [3.05, 3.63) is 64.8 Å². The standard InChI is InChI=1S/C19H15F3N4O2/c1-2-28-18-15(4-3-5-24-18)25-17-16-12-8-11(27)9-14(19(20,21)22)13(12)10-26(16)7-6-23-17/h3-10,23,25H,2H2,1H3. The molecule has 0 amide bonds. The minimum Gasteiger partial charge on any atom is -0.476 e. The van der Waals surface area contributed by atoms with E-state index in [9.17, 15) is 18.0 Å². The largest absolute Gasteiger partial charge is 0.476 e. The van der Waals surface area contributed by atoms with Crippen molar-refractivity contribution in [3.8, 4) is 5.88 Å². The van der Waals surface area contributed by atoms with Crippen molar-refractivity contribution in [1.82, 2.24) is 14.4 Å². The summed E-state index contributed by atoms with van der Waals surface area (Å²) in [7, 11) is 0. The van der Waals surface area contributed by atoms with Crippen molar-refractivity contribution in [2.75, 3.05) is 11.9 Å². The number of aromatic amines is 1. The van der Waals surface area contributed by atoms with Crippen molar-refractivity contribution in [2.24, 2.45) is 0 Å². The number of hydrogen-bond donors (Lipinski definition) is 2. The first-order chi connectivity index (χ1) is 13.4. The number of anilines is 2. The maximum absolute atomic E-state index is 13.4. The zero-order valence-electron chi connectivity index (χ0n) is 14.7. The van der Waals surface area contributed by atoms with Gasteiger partial charge in [-0.05, 0) is 31.2 Å². The number of halogens is 3. The van der Waals surface area contributed by atoms with Gasteiger partial charge in [0.15, 0.2) is 5.43 Å². The minimum absolute atomic E-state index is 0.0500. The van der Waals surface area contributed by atoms with Crippen LogP contribution in [0.15, 0.2) is 53.8 Å². The third kappa shape index (κ3) is 3.04. The van der Waals surface area contributed by atoms with E-state index in [1.54, 1.807) is 30.7 Å². The Hall–Kier alpha value is -3.49. The van der Waals surface area contributed by atoms with Gasteiger partial charge in [-0.15, -0.1) is 0 Å². The van der Waals surface area contributed by atoms with E-state index in [0.717, 1.165) is 0 Å². The fourth-order valence-corrected chi connectivity index (χ4v) is 3.16. The van der Waals surface area contributed by atoms with Crippen LogP contribution in [-0.2, 0) is 6.18 Å². The molecule has 2 N–H and O–H groups in total. The molecule has 0 unspecified atom stereocenters. The number of H-pyrrole nitrogens is 1. The van der Waals surface area contributed by atoms with Crippen molar-refractivity contribution in [3.63, 3.8) is 0 Å². The molecular weight excluding hydrogens is 373 g/mol. The molecule has 0 fully saturated rings. The molecule has 4 rings (SSSR count). The molecule has 0 bridgehead atoms. The zero-order chi connectivity index (χ0) is 19.9. The second-order valence-corrected chi connectivity index (χ2v) is 6.06. The number of nitrogens with zero attached hydrogens (tertiary/aromatic N) is 2. The summed E-state index contributed by atoms with van der Waals surface area (Å²) in [6.45, 7) is 2.22. The normalized spacial score (nSPS) is 11.9. The number of aromatic nitrogens is 3. The van der Waals surface area contributed by atoms with Gasteiger partial charge in [-0.1, -0.05) is 0 Å². The quantitative estimate of drug-likeness (QED) is 0.546. The van der Waals surface area contributed by atoms with Gasteiger partial charge in [-0.3, -0.25) is 4.79 Å². The second-order valence-electron chi connectivity index (χ2n) is 6.06. The van der Waals surface area contributed by atoms with Crippen molar-refractivity contribution in [1.29, 1.82) is 0 Å². The molecule has 0 saturated heterocycles. The topological polar surface area (TPSA) is 71.4 Å². The molecule has 0 aliphatic heterocycles. The van der Waals surface area contributed by atoms with Crippen molar-refractivity contribution >= 4 is 27.8 Å². The lowest BCUT2D eigenvalue weighted by atomic mass is 10.1. The van der Waals surface area contributed by atoms with Crippen LogP contribution in [0, 0.1) is 0 Å². The van der Waals surface area contributed by atoms with Gasteiger partial charge in [0.2, 0.25) is 5.88 Å². The van der Waals surface area contributed by atoms with Crippen LogP contribution in [-0.4, -0.2) is 21.0 Å². The molecule has 0 saturated carbocycles. The Kier molecular flexibility index (Phi) is 4.21. The summed E-state index contributed by atoms with van der Waals surface area (Å²) in [6.07, 6.45) is 1.46. The van der Waals surface area contributed by atoms with E-state index in [0.29, 0.717) is 35.6 Å². The Morgan fingerprint density at radius 2 is 2.11 bits per heavy atom. The molecule has 9 heteroatoms. The van der Waals surface area contributed by atoms with Crippen molar-refractivity contribution in [2.45, 2.75) is 13.1 Å². The Balaban J connectivity index is 1.95. The molecule has 0 atom stereocenters. The number of fused-ring (bicyclic) bond motifs is 3. The molecule has 3 heterocycles. The van der Waals surface area contributed by atoms with Crippen molar-refractivity contribution < 1.29 is 17.9 Å². The van der Waals surface area contributed by atoms with Crippen LogP contribution in [0.1, 0.15) is 12.5 Å². The maximum atomic E-state index is 13.4. The van der Waals surface area contributed by atoms with Gasteiger partial charge in [0, 0.05) is 35.6 Å². The highest BCUT2D eigenvalue weighted by Crippen LogP contribution is 2.37. The first kappa shape index (κ1) is 17.9. The van der Waals surface area contributed by atoms with E-state index >= 15 is 0 Å². The number of hydrogen-bond acceptors (Lipinski definition) is 4. The van der Waals surface area contributed by atoms with Gasteiger partial charge in [-0.2, -0.15) is 13.2 Å². The van der Waals surface area contributed by atoms with Gasteiger partial charge in [0.25, 0.3) is 0 Å². The molecule has 0 spiro atoms. The van der Waals surface area contributed by atoms with Gasteiger partial charge in [0.05, 0.1) is 17.7 Å².